The van der Waals surface area contributed by atoms with Crippen molar-refractivity contribution in [2.24, 2.45) is 0 Å². The SMILES string of the molecule is CN1CCCC(N(C)C2CCc3ccccc3C2O)C1. The molecule has 1 heterocycles. The van der Waals surface area contributed by atoms with Gasteiger partial charge in [-0.25, -0.2) is 0 Å². The Morgan fingerprint density at radius 1 is 1.25 bits per heavy atom. The summed E-state index contributed by atoms with van der Waals surface area (Å²) in [6.07, 6.45) is 4.34. The van der Waals surface area contributed by atoms with Gasteiger partial charge >= 0.3 is 0 Å². The predicted molar refractivity (Wildman–Crippen MR) is 81.8 cm³/mol. The molecule has 20 heavy (non-hydrogen) atoms. The van der Waals surface area contributed by atoms with Crippen LogP contribution in [0.5, 0.6) is 0 Å². The highest BCUT2D eigenvalue weighted by Crippen LogP contribution is 2.34. The van der Waals surface area contributed by atoms with Crippen molar-refractivity contribution in [1.29, 1.82) is 0 Å². The van der Waals surface area contributed by atoms with E-state index in [4.69, 9.17) is 0 Å². The number of benzene rings is 1. The molecule has 0 aromatic heterocycles. The lowest BCUT2D eigenvalue weighted by molar-refractivity contribution is 0.00957. The van der Waals surface area contributed by atoms with Gasteiger partial charge in [0.2, 0.25) is 0 Å². The Balaban J connectivity index is 1.74. The van der Waals surface area contributed by atoms with Crippen LogP contribution in [-0.4, -0.2) is 54.2 Å². The van der Waals surface area contributed by atoms with Gasteiger partial charge in [-0.05, 0) is 57.5 Å². The number of likely N-dealkylation sites (N-methyl/N-ethyl adjacent to an activating group) is 2. The fourth-order valence-corrected chi connectivity index (χ4v) is 3.89. The van der Waals surface area contributed by atoms with Gasteiger partial charge in [-0.3, -0.25) is 4.90 Å². The number of piperidine rings is 1. The molecule has 110 valence electrons. The summed E-state index contributed by atoms with van der Waals surface area (Å²) in [5, 5.41) is 10.7. The van der Waals surface area contributed by atoms with Gasteiger partial charge in [0.25, 0.3) is 0 Å². The fraction of sp³-hybridized carbons (Fsp3) is 0.647. The maximum Gasteiger partial charge on any atom is 0.0947 e. The average molecular weight is 274 g/mol. The lowest BCUT2D eigenvalue weighted by atomic mass is 9.84. The van der Waals surface area contributed by atoms with Crippen LogP contribution >= 0.6 is 0 Å². The summed E-state index contributed by atoms with van der Waals surface area (Å²) in [4.78, 5) is 4.85. The first-order valence-corrected chi connectivity index (χ1v) is 7.83. The molecule has 1 fully saturated rings. The van der Waals surface area contributed by atoms with E-state index in [0.29, 0.717) is 6.04 Å². The molecule has 3 rings (SSSR count). The second-order valence-corrected chi connectivity index (χ2v) is 6.47. The van der Waals surface area contributed by atoms with Crippen LogP contribution in [0.1, 0.15) is 36.5 Å². The average Bonchev–Trinajstić information content (AvgIpc) is 2.47. The minimum Gasteiger partial charge on any atom is -0.387 e. The molecular formula is C17H26N2O. The molecule has 1 aromatic rings. The van der Waals surface area contributed by atoms with Gasteiger partial charge < -0.3 is 10.0 Å². The quantitative estimate of drug-likeness (QED) is 0.894. The topological polar surface area (TPSA) is 26.7 Å². The molecule has 1 aliphatic carbocycles. The third-order valence-electron chi connectivity index (χ3n) is 5.15. The van der Waals surface area contributed by atoms with Gasteiger partial charge in [0.1, 0.15) is 0 Å². The highest BCUT2D eigenvalue weighted by atomic mass is 16.3. The summed E-state index contributed by atoms with van der Waals surface area (Å²) in [6, 6.07) is 9.21. The Morgan fingerprint density at radius 2 is 2.05 bits per heavy atom. The van der Waals surface area contributed by atoms with Gasteiger partial charge in [0, 0.05) is 18.6 Å². The standard InChI is InChI=1S/C17H26N2O/c1-18-11-5-7-14(12-18)19(2)16-10-9-13-6-3-4-8-15(13)17(16)20/h3-4,6,8,14,16-17,20H,5,7,9-12H2,1-2H3. The van der Waals surface area contributed by atoms with Crippen molar-refractivity contribution in [3.63, 3.8) is 0 Å². The number of likely N-dealkylation sites (tertiary alicyclic amines) is 1. The number of aliphatic hydroxyl groups is 1. The molecule has 1 N–H and O–H groups in total. The third kappa shape index (κ3) is 2.62. The zero-order chi connectivity index (χ0) is 14.1. The van der Waals surface area contributed by atoms with E-state index in [1.807, 2.05) is 6.07 Å². The fourth-order valence-electron chi connectivity index (χ4n) is 3.89. The first-order chi connectivity index (χ1) is 9.66. The van der Waals surface area contributed by atoms with Gasteiger partial charge in [-0.1, -0.05) is 24.3 Å². The molecule has 1 aliphatic heterocycles. The summed E-state index contributed by atoms with van der Waals surface area (Å²) in [7, 11) is 4.40. The number of rotatable bonds is 2. The molecule has 0 bridgehead atoms. The lowest BCUT2D eigenvalue weighted by Crippen LogP contribution is -2.51. The largest absolute Gasteiger partial charge is 0.387 e. The van der Waals surface area contributed by atoms with Crippen molar-refractivity contribution in [2.75, 3.05) is 27.2 Å². The van der Waals surface area contributed by atoms with Gasteiger partial charge in [0.15, 0.2) is 0 Å². The maximum absolute atomic E-state index is 10.7. The summed E-state index contributed by atoms with van der Waals surface area (Å²) < 4.78 is 0. The highest BCUT2D eigenvalue weighted by molar-refractivity contribution is 5.32. The number of hydrogen-bond donors (Lipinski definition) is 1. The van der Waals surface area contributed by atoms with Crippen LogP contribution in [0.3, 0.4) is 0 Å². The summed E-state index contributed by atoms with van der Waals surface area (Å²) >= 11 is 0. The van der Waals surface area contributed by atoms with E-state index >= 15 is 0 Å². The zero-order valence-corrected chi connectivity index (χ0v) is 12.6. The summed E-state index contributed by atoms with van der Waals surface area (Å²) in [6.45, 7) is 2.34. The molecule has 0 radical (unpaired) electrons. The lowest BCUT2D eigenvalue weighted by Gasteiger charge is -2.43. The van der Waals surface area contributed by atoms with E-state index in [0.717, 1.165) is 24.9 Å². The van der Waals surface area contributed by atoms with Crippen molar-refractivity contribution < 1.29 is 5.11 Å². The molecule has 0 spiro atoms. The minimum atomic E-state index is -0.336. The smallest absolute Gasteiger partial charge is 0.0947 e. The van der Waals surface area contributed by atoms with Crippen LogP contribution in [0.4, 0.5) is 0 Å². The second-order valence-electron chi connectivity index (χ2n) is 6.47. The van der Waals surface area contributed by atoms with Crippen LogP contribution in [0.25, 0.3) is 0 Å². The molecular weight excluding hydrogens is 248 g/mol. The van der Waals surface area contributed by atoms with Crippen LogP contribution in [0.15, 0.2) is 24.3 Å². The van der Waals surface area contributed by atoms with Crippen molar-refractivity contribution >= 4 is 0 Å². The summed E-state index contributed by atoms with van der Waals surface area (Å²) in [5.74, 6) is 0. The number of fused-ring (bicyclic) bond motifs is 1. The number of aryl methyl sites for hydroxylation is 1. The van der Waals surface area contributed by atoms with Crippen molar-refractivity contribution in [3.8, 4) is 0 Å². The Labute approximate surface area is 122 Å². The molecule has 3 heteroatoms. The van der Waals surface area contributed by atoms with Crippen LogP contribution in [0.2, 0.25) is 0 Å². The van der Waals surface area contributed by atoms with Gasteiger partial charge in [-0.15, -0.1) is 0 Å². The van der Waals surface area contributed by atoms with Gasteiger partial charge in [0.05, 0.1) is 6.10 Å². The van der Waals surface area contributed by atoms with E-state index in [9.17, 15) is 5.11 Å². The monoisotopic (exact) mass is 274 g/mol. The first-order valence-electron chi connectivity index (χ1n) is 7.83. The maximum atomic E-state index is 10.7. The molecule has 3 unspecified atom stereocenters. The third-order valence-corrected chi connectivity index (χ3v) is 5.15. The number of hydrogen-bond acceptors (Lipinski definition) is 3. The normalized spacial score (nSPS) is 31.3. The van der Waals surface area contributed by atoms with E-state index in [-0.39, 0.29) is 12.1 Å². The Kier molecular flexibility index (Phi) is 4.11. The van der Waals surface area contributed by atoms with Crippen molar-refractivity contribution in [2.45, 2.75) is 43.9 Å². The molecule has 1 aromatic carbocycles. The molecule has 3 atom stereocenters. The Morgan fingerprint density at radius 3 is 2.85 bits per heavy atom. The summed E-state index contributed by atoms with van der Waals surface area (Å²) in [5.41, 5.74) is 2.46. The second kappa shape index (κ2) is 5.84. The first kappa shape index (κ1) is 14.1. The van der Waals surface area contributed by atoms with Crippen LogP contribution in [0, 0.1) is 0 Å². The van der Waals surface area contributed by atoms with Gasteiger partial charge in [-0.2, -0.15) is 0 Å². The predicted octanol–water partition coefficient (Wildman–Crippen LogP) is 2.06. The van der Waals surface area contributed by atoms with Crippen LogP contribution in [-0.2, 0) is 6.42 Å². The minimum absolute atomic E-state index is 0.265. The van der Waals surface area contributed by atoms with E-state index in [1.54, 1.807) is 0 Å². The van der Waals surface area contributed by atoms with Crippen LogP contribution < -0.4 is 0 Å². The molecule has 0 saturated carbocycles. The van der Waals surface area contributed by atoms with Crippen molar-refractivity contribution in [3.05, 3.63) is 35.4 Å². The number of aliphatic hydroxyl groups excluding tert-OH is 1. The van der Waals surface area contributed by atoms with E-state index in [1.165, 1.54) is 24.9 Å². The zero-order valence-electron chi connectivity index (χ0n) is 12.6. The Bertz CT molecular complexity index is 462. The van der Waals surface area contributed by atoms with E-state index in [2.05, 4.69) is 42.1 Å². The highest BCUT2D eigenvalue weighted by Gasteiger charge is 2.34. The van der Waals surface area contributed by atoms with Crippen molar-refractivity contribution in [1.82, 2.24) is 9.80 Å². The molecule has 3 nitrogen and oxygen atoms in total. The van der Waals surface area contributed by atoms with E-state index < -0.39 is 0 Å². The molecule has 0 amide bonds. The number of nitrogens with zero attached hydrogens (tertiary/aromatic N) is 2. The Hall–Kier alpha value is -0.900. The molecule has 1 saturated heterocycles. The molecule has 2 aliphatic rings.